The Morgan fingerprint density at radius 1 is 1.36 bits per heavy atom. The van der Waals surface area contributed by atoms with E-state index in [0.29, 0.717) is 19.5 Å². The van der Waals surface area contributed by atoms with Gasteiger partial charge in [-0.25, -0.2) is 0 Å². The molecule has 1 fully saturated rings. The van der Waals surface area contributed by atoms with Crippen LogP contribution in [-0.4, -0.2) is 62.0 Å². The highest BCUT2D eigenvalue weighted by molar-refractivity contribution is 5.76. The van der Waals surface area contributed by atoms with Crippen LogP contribution in [0, 0.1) is 6.92 Å². The van der Waals surface area contributed by atoms with Gasteiger partial charge in [-0.15, -0.1) is 0 Å². The minimum atomic E-state index is 0.235. The highest BCUT2D eigenvalue weighted by atomic mass is 16.2. The summed E-state index contributed by atoms with van der Waals surface area (Å²) in [6, 6.07) is 0. The van der Waals surface area contributed by atoms with E-state index in [0.717, 1.165) is 26.2 Å². The molecule has 1 amide bonds. The van der Waals surface area contributed by atoms with Gasteiger partial charge in [0.25, 0.3) is 0 Å². The van der Waals surface area contributed by atoms with Gasteiger partial charge >= 0.3 is 0 Å². The van der Waals surface area contributed by atoms with E-state index in [-0.39, 0.29) is 5.91 Å². The Kier molecular flexibility index (Phi) is 4.90. The summed E-state index contributed by atoms with van der Waals surface area (Å²) in [5.74, 6) is 0.235. The van der Waals surface area contributed by atoms with Crippen LogP contribution < -0.4 is 5.32 Å². The smallest absolute Gasteiger partial charge is 0.223 e. The van der Waals surface area contributed by atoms with Crippen molar-refractivity contribution in [3.63, 3.8) is 0 Å². The molecule has 0 bridgehead atoms. The first kappa shape index (κ1) is 11.5. The SMILES string of the molecule is [CH]CNCCC(=O)N1CCN(C)CC1. The number of hydrogen-bond acceptors (Lipinski definition) is 3. The second-order valence-corrected chi connectivity index (χ2v) is 3.64. The van der Waals surface area contributed by atoms with E-state index in [1.807, 2.05) is 4.90 Å². The Morgan fingerprint density at radius 3 is 2.57 bits per heavy atom. The average Bonchev–Trinajstić information content (AvgIpc) is 2.19. The minimum absolute atomic E-state index is 0.235. The number of carbonyl (C=O) groups is 1. The van der Waals surface area contributed by atoms with Gasteiger partial charge in [0, 0.05) is 39.1 Å². The first-order chi connectivity index (χ1) is 6.74. The molecule has 0 aromatic heterocycles. The molecule has 80 valence electrons. The van der Waals surface area contributed by atoms with Crippen molar-refractivity contribution in [3.05, 3.63) is 6.92 Å². The summed E-state index contributed by atoms with van der Waals surface area (Å²) >= 11 is 0. The maximum absolute atomic E-state index is 11.6. The van der Waals surface area contributed by atoms with Crippen LogP contribution in [0.2, 0.25) is 0 Å². The fourth-order valence-corrected chi connectivity index (χ4v) is 1.51. The molecule has 1 heterocycles. The average molecular weight is 197 g/mol. The van der Waals surface area contributed by atoms with Crippen LogP contribution in [0.1, 0.15) is 6.42 Å². The normalized spacial score (nSPS) is 18.6. The van der Waals surface area contributed by atoms with Crippen molar-refractivity contribution in [2.75, 3.05) is 46.3 Å². The lowest BCUT2D eigenvalue weighted by Gasteiger charge is -2.32. The first-order valence-corrected chi connectivity index (χ1v) is 5.11. The lowest BCUT2D eigenvalue weighted by molar-refractivity contribution is -0.132. The van der Waals surface area contributed by atoms with Crippen molar-refractivity contribution in [1.29, 1.82) is 0 Å². The van der Waals surface area contributed by atoms with Crippen molar-refractivity contribution in [1.82, 2.24) is 15.1 Å². The van der Waals surface area contributed by atoms with E-state index >= 15 is 0 Å². The number of likely N-dealkylation sites (N-methyl/N-ethyl adjacent to an activating group) is 1. The second-order valence-electron chi connectivity index (χ2n) is 3.64. The molecule has 0 atom stereocenters. The number of rotatable bonds is 4. The summed E-state index contributed by atoms with van der Waals surface area (Å²) in [7, 11) is 2.08. The summed E-state index contributed by atoms with van der Waals surface area (Å²) in [6.45, 7) is 10.1. The number of hydrogen-bond donors (Lipinski definition) is 1. The zero-order valence-electron chi connectivity index (χ0n) is 8.83. The number of piperazine rings is 1. The number of carbonyl (C=O) groups excluding carboxylic acids is 1. The molecule has 1 aliphatic heterocycles. The Bertz CT molecular complexity index is 176. The predicted octanol–water partition coefficient (Wildman–Crippen LogP) is -0.549. The fourth-order valence-electron chi connectivity index (χ4n) is 1.51. The summed E-state index contributed by atoms with van der Waals surface area (Å²) < 4.78 is 0. The molecule has 0 aliphatic carbocycles. The maximum Gasteiger partial charge on any atom is 0.223 e. The quantitative estimate of drug-likeness (QED) is 0.614. The molecule has 4 heteroatoms. The van der Waals surface area contributed by atoms with Crippen molar-refractivity contribution in [2.24, 2.45) is 0 Å². The molecule has 1 aliphatic rings. The number of nitrogens with one attached hydrogen (secondary N) is 1. The van der Waals surface area contributed by atoms with E-state index in [9.17, 15) is 4.79 Å². The minimum Gasteiger partial charge on any atom is -0.340 e. The van der Waals surface area contributed by atoms with Crippen LogP contribution in [0.4, 0.5) is 0 Å². The van der Waals surface area contributed by atoms with Gasteiger partial charge in [0.1, 0.15) is 0 Å². The third kappa shape index (κ3) is 3.64. The monoisotopic (exact) mass is 197 g/mol. The van der Waals surface area contributed by atoms with E-state index < -0.39 is 0 Å². The molecule has 0 aromatic rings. The van der Waals surface area contributed by atoms with Gasteiger partial charge in [0.2, 0.25) is 5.91 Å². The zero-order valence-corrected chi connectivity index (χ0v) is 8.83. The molecule has 0 saturated carbocycles. The van der Waals surface area contributed by atoms with E-state index in [2.05, 4.69) is 17.3 Å². The Hall–Kier alpha value is -0.610. The molecule has 1 rings (SSSR count). The van der Waals surface area contributed by atoms with Crippen LogP contribution in [0.5, 0.6) is 0 Å². The zero-order chi connectivity index (χ0) is 10.4. The standard InChI is InChI=1S/C10H19N3O/c1-3-11-5-4-10(14)13-8-6-12(2)7-9-13/h1,11H,3-9H2,2H3. The molecular formula is C10H19N3O. The predicted molar refractivity (Wildman–Crippen MR) is 55.9 cm³/mol. The molecule has 1 saturated heterocycles. The van der Waals surface area contributed by atoms with Crippen molar-refractivity contribution < 1.29 is 4.79 Å². The summed E-state index contributed by atoms with van der Waals surface area (Å²) in [6.07, 6.45) is 0.556. The van der Waals surface area contributed by atoms with E-state index in [1.165, 1.54) is 0 Å². The van der Waals surface area contributed by atoms with Crippen molar-refractivity contribution in [2.45, 2.75) is 6.42 Å². The molecule has 0 unspecified atom stereocenters. The van der Waals surface area contributed by atoms with Gasteiger partial charge in [-0.2, -0.15) is 0 Å². The van der Waals surface area contributed by atoms with Crippen LogP contribution in [0.15, 0.2) is 0 Å². The third-order valence-electron chi connectivity index (χ3n) is 2.52. The van der Waals surface area contributed by atoms with Gasteiger partial charge < -0.3 is 15.1 Å². The summed E-state index contributed by atoms with van der Waals surface area (Å²) in [5, 5.41) is 2.95. The Morgan fingerprint density at radius 2 is 2.00 bits per heavy atom. The lowest BCUT2D eigenvalue weighted by Crippen LogP contribution is -2.47. The molecule has 4 nitrogen and oxygen atoms in total. The van der Waals surface area contributed by atoms with Gasteiger partial charge in [-0.3, -0.25) is 4.79 Å². The lowest BCUT2D eigenvalue weighted by atomic mass is 10.3. The third-order valence-corrected chi connectivity index (χ3v) is 2.52. The summed E-state index contributed by atoms with van der Waals surface area (Å²) in [4.78, 5) is 15.8. The van der Waals surface area contributed by atoms with Crippen LogP contribution in [-0.2, 0) is 4.79 Å². The molecule has 0 spiro atoms. The maximum atomic E-state index is 11.6. The summed E-state index contributed by atoms with van der Waals surface area (Å²) in [5.41, 5.74) is 0. The molecule has 0 aromatic carbocycles. The second kappa shape index (κ2) is 5.98. The van der Waals surface area contributed by atoms with Gasteiger partial charge in [-0.1, -0.05) is 0 Å². The molecule has 2 radical (unpaired) electrons. The van der Waals surface area contributed by atoms with Gasteiger partial charge in [-0.05, 0) is 20.5 Å². The van der Waals surface area contributed by atoms with Crippen molar-refractivity contribution >= 4 is 5.91 Å². The highest BCUT2D eigenvalue weighted by Gasteiger charge is 2.17. The number of nitrogens with zero attached hydrogens (tertiary/aromatic N) is 2. The van der Waals surface area contributed by atoms with Crippen molar-refractivity contribution in [3.8, 4) is 0 Å². The fraction of sp³-hybridized carbons (Fsp3) is 0.800. The Labute approximate surface area is 86.2 Å². The number of amides is 1. The highest BCUT2D eigenvalue weighted by Crippen LogP contribution is 2.01. The molecular weight excluding hydrogens is 178 g/mol. The molecule has 1 N–H and O–H groups in total. The van der Waals surface area contributed by atoms with Crippen LogP contribution >= 0.6 is 0 Å². The van der Waals surface area contributed by atoms with E-state index in [1.54, 1.807) is 0 Å². The van der Waals surface area contributed by atoms with Gasteiger partial charge in [0.15, 0.2) is 0 Å². The largest absolute Gasteiger partial charge is 0.340 e. The molecule has 14 heavy (non-hydrogen) atoms. The first-order valence-electron chi connectivity index (χ1n) is 5.11. The Balaban J connectivity index is 2.17. The topological polar surface area (TPSA) is 35.6 Å². The van der Waals surface area contributed by atoms with Crippen LogP contribution in [0.25, 0.3) is 0 Å². The van der Waals surface area contributed by atoms with Crippen LogP contribution in [0.3, 0.4) is 0 Å². The van der Waals surface area contributed by atoms with E-state index in [4.69, 9.17) is 6.92 Å². The van der Waals surface area contributed by atoms with Gasteiger partial charge in [0.05, 0.1) is 0 Å².